The molecule has 0 aliphatic carbocycles. The van der Waals surface area contributed by atoms with Gasteiger partial charge in [0.15, 0.2) is 17.5 Å². The van der Waals surface area contributed by atoms with E-state index in [4.69, 9.17) is 18.6 Å². The Bertz CT molecular complexity index is 726. The van der Waals surface area contributed by atoms with Crippen LogP contribution in [0.3, 0.4) is 0 Å². The van der Waals surface area contributed by atoms with Crippen LogP contribution >= 0.6 is 0 Å². The zero-order chi connectivity index (χ0) is 19.1. The molecule has 1 aromatic carbocycles. The number of nitrogens with zero attached hydrogens (tertiary/aromatic N) is 2. The summed E-state index contributed by atoms with van der Waals surface area (Å²) in [5.41, 5.74) is 1.85. The molecule has 1 aromatic heterocycles. The summed E-state index contributed by atoms with van der Waals surface area (Å²) in [6.07, 6.45) is 0. The van der Waals surface area contributed by atoms with Crippen LogP contribution in [0, 0.1) is 13.8 Å². The van der Waals surface area contributed by atoms with Gasteiger partial charge in [-0.2, -0.15) is 0 Å². The van der Waals surface area contributed by atoms with Gasteiger partial charge in [-0.1, -0.05) is 0 Å². The van der Waals surface area contributed by atoms with Crippen LogP contribution in [-0.4, -0.2) is 39.3 Å². The number of guanidine groups is 1. The highest BCUT2D eigenvalue weighted by Crippen LogP contribution is 2.38. The molecule has 0 spiro atoms. The van der Waals surface area contributed by atoms with Crippen LogP contribution in [0.4, 0.5) is 0 Å². The van der Waals surface area contributed by atoms with Gasteiger partial charge in [-0.05, 0) is 31.5 Å². The number of ether oxygens (including phenoxy) is 3. The second-order valence-electron chi connectivity index (χ2n) is 5.56. The SMILES string of the molecule is CN=C(NCc1cc(OC)c(OC)c(OC)c1)NCc1nc(C)c(C)o1. The van der Waals surface area contributed by atoms with Crippen LogP contribution in [0.1, 0.15) is 22.9 Å². The molecule has 1 heterocycles. The van der Waals surface area contributed by atoms with Crippen molar-refractivity contribution in [2.45, 2.75) is 26.9 Å². The Morgan fingerprint density at radius 2 is 1.65 bits per heavy atom. The predicted octanol–water partition coefficient (Wildman–Crippen LogP) is 2.18. The molecule has 0 radical (unpaired) electrons. The van der Waals surface area contributed by atoms with Crippen molar-refractivity contribution in [3.63, 3.8) is 0 Å². The van der Waals surface area contributed by atoms with Crippen molar-refractivity contribution in [3.8, 4) is 17.2 Å². The summed E-state index contributed by atoms with van der Waals surface area (Å²) < 4.78 is 21.6. The Hall–Kier alpha value is -2.90. The Kier molecular flexibility index (Phi) is 6.71. The van der Waals surface area contributed by atoms with E-state index in [9.17, 15) is 0 Å². The Morgan fingerprint density at radius 1 is 1.04 bits per heavy atom. The van der Waals surface area contributed by atoms with Crippen molar-refractivity contribution in [2.24, 2.45) is 4.99 Å². The van der Waals surface area contributed by atoms with E-state index in [1.54, 1.807) is 28.4 Å². The molecule has 0 aliphatic heterocycles. The highest BCUT2D eigenvalue weighted by molar-refractivity contribution is 5.79. The van der Waals surface area contributed by atoms with Crippen LogP contribution in [0.25, 0.3) is 0 Å². The molecule has 142 valence electrons. The first-order chi connectivity index (χ1) is 12.5. The van der Waals surface area contributed by atoms with Gasteiger partial charge in [-0.25, -0.2) is 4.98 Å². The number of hydrogen-bond donors (Lipinski definition) is 2. The quantitative estimate of drug-likeness (QED) is 0.576. The summed E-state index contributed by atoms with van der Waals surface area (Å²) in [5.74, 6) is 3.86. The van der Waals surface area contributed by atoms with E-state index in [0.29, 0.717) is 42.2 Å². The average Bonchev–Trinajstić information content (AvgIpc) is 2.98. The van der Waals surface area contributed by atoms with Gasteiger partial charge in [0.05, 0.1) is 33.6 Å². The number of methoxy groups -OCH3 is 3. The maximum Gasteiger partial charge on any atom is 0.214 e. The summed E-state index contributed by atoms with van der Waals surface area (Å²) >= 11 is 0. The Labute approximate surface area is 153 Å². The van der Waals surface area contributed by atoms with Gasteiger partial charge in [0.25, 0.3) is 0 Å². The lowest BCUT2D eigenvalue weighted by molar-refractivity contribution is 0.323. The molecule has 0 saturated carbocycles. The molecule has 0 fully saturated rings. The molecule has 26 heavy (non-hydrogen) atoms. The minimum absolute atomic E-state index is 0.448. The van der Waals surface area contributed by atoms with Gasteiger partial charge < -0.3 is 29.3 Å². The summed E-state index contributed by atoms with van der Waals surface area (Å²) in [5, 5.41) is 6.41. The van der Waals surface area contributed by atoms with Gasteiger partial charge >= 0.3 is 0 Å². The number of hydrogen-bond acceptors (Lipinski definition) is 6. The number of rotatable bonds is 7. The third-order valence-electron chi connectivity index (χ3n) is 3.89. The standard InChI is InChI=1S/C18H26N4O4/c1-11-12(2)26-16(22-11)10-21-18(19-3)20-9-13-7-14(23-4)17(25-6)15(8-13)24-5/h7-8H,9-10H2,1-6H3,(H2,19,20,21). The van der Waals surface area contributed by atoms with Crippen molar-refractivity contribution in [2.75, 3.05) is 28.4 Å². The van der Waals surface area contributed by atoms with Gasteiger partial charge in [0.2, 0.25) is 11.6 Å². The van der Waals surface area contributed by atoms with E-state index in [0.717, 1.165) is 17.0 Å². The number of aromatic nitrogens is 1. The molecule has 0 unspecified atom stereocenters. The molecular formula is C18H26N4O4. The summed E-state index contributed by atoms with van der Waals surface area (Å²) in [6.45, 7) is 4.78. The largest absolute Gasteiger partial charge is 0.493 e. The lowest BCUT2D eigenvalue weighted by atomic mass is 10.2. The van der Waals surface area contributed by atoms with Crippen molar-refractivity contribution in [1.29, 1.82) is 0 Å². The van der Waals surface area contributed by atoms with Crippen molar-refractivity contribution < 1.29 is 18.6 Å². The number of aryl methyl sites for hydroxylation is 2. The summed E-state index contributed by atoms with van der Waals surface area (Å²) in [7, 11) is 6.47. The van der Waals surface area contributed by atoms with E-state index < -0.39 is 0 Å². The van der Waals surface area contributed by atoms with Crippen LogP contribution in [0.15, 0.2) is 21.5 Å². The van der Waals surface area contributed by atoms with E-state index in [2.05, 4.69) is 20.6 Å². The van der Waals surface area contributed by atoms with E-state index in [1.807, 2.05) is 26.0 Å². The molecule has 2 rings (SSSR count). The van der Waals surface area contributed by atoms with Crippen molar-refractivity contribution in [1.82, 2.24) is 15.6 Å². The predicted molar refractivity (Wildman–Crippen MR) is 99.1 cm³/mol. The van der Waals surface area contributed by atoms with Crippen LogP contribution in [0.2, 0.25) is 0 Å². The average molecular weight is 362 g/mol. The second kappa shape index (κ2) is 8.98. The van der Waals surface area contributed by atoms with E-state index in [1.165, 1.54) is 0 Å². The monoisotopic (exact) mass is 362 g/mol. The highest BCUT2D eigenvalue weighted by Gasteiger charge is 2.13. The number of nitrogens with one attached hydrogen (secondary N) is 2. The lowest BCUT2D eigenvalue weighted by Crippen LogP contribution is -2.36. The first-order valence-corrected chi connectivity index (χ1v) is 8.18. The topological polar surface area (TPSA) is 90.1 Å². The maximum absolute atomic E-state index is 5.55. The maximum atomic E-state index is 5.55. The second-order valence-corrected chi connectivity index (χ2v) is 5.56. The zero-order valence-corrected chi connectivity index (χ0v) is 16.1. The first kappa shape index (κ1) is 19.4. The Morgan fingerprint density at radius 3 is 2.12 bits per heavy atom. The molecule has 8 heteroatoms. The first-order valence-electron chi connectivity index (χ1n) is 8.18. The normalized spacial score (nSPS) is 11.2. The number of benzene rings is 1. The fraction of sp³-hybridized carbons (Fsp3) is 0.444. The third-order valence-corrected chi connectivity index (χ3v) is 3.89. The molecule has 0 saturated heterocycles. The molecule has 2 N–H and O–H groups in total. The van der Waals surface area contributed by atoms with Gasteiger partial charge in [-0.15, -0.1) is 0 Å². The zero-order valence-electron chi connectivity index (χ0n) is 16.1. The van der Waals surface area contributed by atoms with Crippen LogP contribution < -0.4 is 24.8 Å². The molecule has 0 bridgehead atoms. The number of aliphatic imine (C=N–C) groups is 1. The third kappa shape index (κ3) is 4.59. The van der Waals surface area contributed by atoms with Crippen LogP contribution in [-0.2, 0) is 13.1 Å². The summed E-state index contributed by atoms with van der Waals surface area (Å²) in [4.78, 5) is 8.54. The smallest absolute Gasteiger partial charge is 0.214 e. The van der Waals surface area contributed by atoms with Crippen molar-refractivity contribution in [3.05, 3.63) is 35.0 Å². The lowest BCUT2D eigenvalue weighted by Gasteiger charge is -2.15. The van der Waals surface area contributed by atoms with E-state index >= 15 is 0 Å². The Balaban J connectivity index is 2.01. The van der Waals surface area contributed by atoms with Crippen LogP contribution in [0.5, 0.6) is 17.2 Å². The molecular weight excluding hydrogens is 336 g/mol. The highest BCUT2D eigenvalue weighted by atomic mass is 16.5. The minimum atomic E-state index is 0.448. The fourth-order valence-corrected chi connectivity index (χ4v) is 2.42. The molecule has 0 atom stereocenters. The molecule has 0 amide bonds. The van der Waals surface area contributed by atoms with Gasteiger partial charge in [-0.3, -0.25) is 4.99 Å². The minimum Gasteiger partial charge on any atom is -0.493 e. The number of oxazole rings is 1. The molecule has 8 nitrogen and oxygen atoms in total. The molecule has 0 aliphatic rings. The summed E-state index contributed by atoms with van der Waals surface area (Å²) in [6, 6.07) is 3.78. The molecule has 2 aromatic rings. The van der Waals surface area contributed by atoms with Crippen molar-refractivity contribution >= 4 is 5.96 Å². The van der Waals surface area contributed by atoms with Gasteiger partial charge in [0, 0.05) is 13.6 Å². The van der Waals surface area contributed by atoms with E-state index in [-0.39, 0.29) is 0 Å². The fourth-order valence-electron chi connectivity index (χ4n) is 2.42. The van der Waals surface area contributed by atoms with Gasteiger partial charge in [0.1, 0.15) is 5.76 Å².